The van der Waals surface area contributed by atoms with Crippen molar-refractivity contribution in [3.8, 4) is 0 Å². The smallest absolute Gasteiger partial charge is 0.238 e. The molecular formula is C18H18FNO3S. The van der Waals surface area contributed by atoms with Gasteiger partial charge in [0.05, 0.1) is 5.75 Å². The van der Waals surface area contributed by atoms with Gasteiger partial charge in [-0.3, -0.25) is 4.79 Å². The molecule has 0 bridgehead atoms. The van der Waals surface area contributed by atoms with Gasteiger partial charge in [-0.25, -0.2) is 12.8 Å². The standard InChI is InChI=1S/C18H18FNO3S/c19-17-7-5-14(6-8-17)12-24(22,23)13-18(21)20-10-9-15-3-1-2-4-16(15)11-20/h1-8H,9-13H2. The Bertz CT molecular complexity index is 847. The van der Waals surface area contributed by atoms with E-state index in [2.05, 4.69) is 0 Å². The number of hydrogen-bond donors (Lipinski definition) is 0. The van der Waals surface area contributed by atoms with Crippen molar-refractivity contribution in [3.63, 3.8) is 0 Å². The SMILES string of the molecule is O=C(CS(=O)(=O)Cc1ccc(F)cc1)N1CCc2ccccc2C1. The van der Waals surface area contributed by atoms with E-state index in [1.54, 1.807) is 4.90 Å². The minimum absolute atomic E-state index is 0.260. The Kier molecular flexibility index (Phi) is 4.66. The molecular weight excluding hydrogens is 329 g/mol. The molecule has 2 aromatic rings. The zero-order valence-electron chi connectivity index (χ0n) is 13.1. The number of fused-ring (bicyclic) bond motifs is 1. The van der Waals surface area contributed by atoms with Crippen LogP contribution in [-0.2, 0) is 33.4 Å². The number of carbonyl (C=O) groups is 1. The number of hydrogen-bond acceptors (Lipinski definition) is 3. The average Bonchev–Trinajstić information content (AvgIpc) is 2.56. The first-order chi connectivity index (χ1) is 11.4. The minimum atomic E-state index is -3.59. The van der Waals surface area contributed by atoms with Crippen LogP contribution in [-0.4, -0.2) is 31.5 Å². The van der Waals surface area contributed by atoms with Gasteiger partial charge >= 0.3 is 0 Å². The van der Waals surface area contributed by atoms with Crippen LogP contribution in [0.3, 0.4) is 0 Å². The molecule has 126 valence electrons. The van der Waals surface area contributed by atoms with Crippen LogP contribution in [0.15, 0.2) is 48.5 Å². The largest absolute Gasteiger partial charge is 0.337 e. The first-order valence-corrected chi connectivity index (χ1v) is 9.54. The van der Waals surface area contributed by atoms with Crippen molar-refractivity contribution in [1.29, 1.82) is 0 Å². The fourth-order valence-electron chi connectivity index (χ4n) is 2.87. The van der Waals surface area contributed by atoms with Crippen LogP contribution in [0.4, 0.5) is 4.39 Å². The van der Waals surface area contributed by atoms with Crippen molar-refractivity contribution in [3.05, 3.63) is 71.0 Å². The van der Waals surface area contributed by atoms with Gasteiger partial charge in [-0.1, -0.05) is 36.4 Å². The van der Waals surface area contributed by atoms with Crippen LogP contribution < -0.4 is 0 Å². The third-order valence-electron chi connectivity index (χ3n) is 4.13. The highest BCUT2D eigenvalue weighted by Crippen LogP contribution is 2.19. The highest BCUT2D eigenvalue weighted by molar-refractivity contribution is 7.91. The Labute approximate surface area is 140 Å². The summed E-state index contributed by atoms with van der Waals surface area (Å²) in [6.45, 7) is 0.975. The highest BCUT2D eigenvalue weighted by Gasteiger charge is 2.25. The Hall–Kier alpha value is -2.21. The van der Waals surface area contributed by atoms with Gasteiger partial charge in [0.15, 0.2) is 9.84 Å². The topological polar surface area (TPSA) is 54.5 Å². The maximum Gasteiger partial charge on any atom is 0.238 e. The van der Waals surface area contributed by atoms with Crippen molar-refractivity contribution in [2.45, 2.75) is 18.7 Å². The second kappa shape index (κ2) is 6.73. The predicted molar refractivity (Wildman–Crippen MR) is 89.5 cm³/mol. The predicted octanol–water partition coefficient (Wildman–Crippen LogP) is 2.33. The van der Waals surface area contributed by atoms with Crippen LogP contribution in [0.1, 0.15) is 16.7 Å². The number of nitrogens with zero attached hydrogens (tertiary/aromatic N) is 1. The molecule has 1 heterocycles. The molecule has 0 N–H and O–H groups in total. The van der Waals surface area contributed by atoms with Crippen LogP contribution in [0, 0.1) is 5.82 Å². The van der Waals surface area contributed by atoms with Crippen LogP contribution in [0.5, 0.6) is 0 Å². The van der Waals surface area contributed by atoms with Gasteiger partial charge in [0.1, 0.15) is 11.6 Å². The minimum Gasteiger partial charge on any atom is -0.337 e. The quantitative estimate of drug-likeness (QED) is 0.853. The Morgan fingerprint density at radius 3 is 2.42 bits per heavy atom. The highest BCUT2D eigenvalue weighted by atomic mass is 32.2. The summed E-state index contributed by atoms with van der Waals surface area (Å²) in [6.07, 6.45) is 0.736. The molecule has 1 amide bonds. The number of rotatable bonds is 4. The van der Waals surface area contributed by atoms with Gasteiger partial charge in [0.2, 0.25) is 5.91 Å². The van der Waals surface area contributed by atoms with Gasteiger partial charge in [0.25, 0.3) is 0 Å². The van der Waals surface area contributed by atoms with E-state index in [1.165, 1.54) is 29.8 Å². The van der Waals surface area contributed by atoms with Gasteiger partial charge in [-0.2, -0.15) is 0 Å². The zero-order valence-corrected chi connectivity index (χ0v) is 13.9. The Morgan fingerprint density at radius 2 is 1.71 bits per heavy atom. The number of benzene rings is 2. The van der Waals surface area contributed by atoms with Gasteiger partial charge in [-0.15, -0.1) is 0 Å². The van der Waals surface area contributed by atoms with Crippen molar-refractivity contribution >= 4 is 15.7 Å². The van der Waals surface area contributed by atoms with E-state index in [-0.39, 0.29) is 11.7 Å². The number of sulfone groups is 1. The summed E-state index contributed by atoms with van der Waals surface area (Å²) in [7, 11) is -3.59. The van der Waals surface area contributed by atoms with E-state index in [1.807, 2.05) is 24.3 Å². The first-order valence-electron chi connectivity index (χ1n) is 7.72. The fraction of sp³-hybridized carbons (Fsp3) is 0.278. The van der Waals surface area contributed by atoms with Crippen molar-refractivity contribution in [2.75, 3.05) is 12.3 Å². The molecule has 4 nitrogen and oxygen atoms in total. The van der Waals surface area contributed by atoms with E-state index in [9.17, 15) is 17.6 Å². The molecule has 0 atom stereocenters. The molecule has 0 aromatic heterocycles. The maximum absolute atomic E-state index is 12.9. The van der Waals surface area contributed by atoms with E-state index in [4.69, 9.17) is 0 Å². The van der Waals surface area contributed by atoms with Crippen LogP contribution in [0.2, 0.25) is 0 Å². The second-order valence-electron chi connectivity index (χ2n) is 5.99. The van der Waals surface area contributed by atoms with E-state index < -0.39 is 21.4 Å². The molecule has 0 spiro atoms. The van der Waals surface area contributed by atoms with E-state index >= 15 is 0 Å². The Morgan fingerprint density at radius 1 is 1.04 bits per heavy atom. The number of carbonyl (C=O) groups excluding carboxylic acids is 1. The third-order valence-corrected chi connectivity index (χ3v) is 5.59. The summed E-state index contributed by atoms with van der Waals surface area (Å²) in [5.41, 5.74) is 2.75. The molecule has 0 aliphatic carbocycles. The molecule has 0 fully saturated rings. The number of amides is 1. The zero-order chi connectivity index (χ0) is 17.2. The molecule has 0 unspecified atom stereocenters. The van der Waals surface area contributed by atoms with Crippen LogP contribution >= 0.6 is 0 Å². The average molecular weight is 347 g/mol. The first kappa shape index (κ1) is 16.6. The summed E-state index contributed by atoms with van der Waals surface area (Å²) in [6, 6.07) is 13.2. The molecule has 1 aliphatic rings. The van der Waals surface area contributed by atoms with E-state index in [0.717, 1.165) is 12.0 Å². The summed E-state index contributed by atoms with van der Waals surface area (Å²) in [5, 5.41) is 0. The monoisotopic (exact) mass is 347 g/mol. The van der Waals surface area contributed by atoms with Crippen molar-refractivity contribution in [1.82, 2.24) is 4.90 Å². The lowest BCUT2D eigenvalue weighted by Gasteiger charge is -2.28. The molecule has 6 heteroatoms. The van der Waals surface area contributed by atoms with Gasteiger partial charge < -0.3 is 4.90 Å². The summed E-state index contributed by atoms with van der Waals surface area (Å²) < 4.78 is 37.4. The van der Waals surface area contributed by atoms with Gasteiger partial charge in [-0.05, 0) is 35.2 Å². The fourth-order valence-corrected chi connectivity index (χ4v) is 4.23. The maximum atomic E-state index is 12.9. The van der Waals surface area contributed by atoms with Crippen LogP contribution in [0.25, 0.3) is 0 Å². The normalized spacial score (nSPS) is 14.3. The third kappa shape index (κ3) is 4.00. The lowest BCUT2D eigenvalue weighted by atomic mass is 10.00. The summed E-state index contributed by atoms with van der Waals surface area (Å²) in [4.78, 5) is 13.9. The molecule has 2 aromatic carbocycles. The number of halogens is 1. The van der Waals surface area contributed by atoms with Crippen molar-refractivity contribution in [2.24, 2.45) is 0 Å². The lowest BCUT2D eigenvalue weighted by Crippen LogP contribution is -2.39. The Balaban J connectivity index is 1.65. The lowest BCUT2D eigenvalue weighted by molar-refractivity contribution is -0.129. The van der Waals surface area contributed by atoms with E-state index in [0.29, 0.717) is 18.7 Å². The second-order valence-corrected chi connectivity index (χ2v) is 8.06. The summed E-state index contributed by atoms with van der Waals surface area (Å²) >= 11 is 0. The molecule has 1 aliphatic heterocycles. The summed E-state index contributed by atoms with van der Waals surface area (Å²) in [5.74, 6) is -1.58. The molecule has 0 saturated heterocycles. The van der Waals surface area contributed by atoms with Gasteiger partial charge in [0, 0.05) is 13.1 Å². The molecule has 24 heavy (non-hydrogen) atoms. The molecule has 0 radical (unpaired) electrons. The molecule has 3 rings (SSSR count). The van der Waals surface area contributed by atoms with Crippen molar-refractivity contribution < 1.29 is 17.6 Å². The molecule has 0 saturated carbocycles.